The van der Waals surface area contributed by atoms with Gasteiger partial charge in [-0.3, -0.25) is 4.79 Å². The number of hydrogen-bond donors (Lipinski definition) is 1. The van der Waals surface area contributed by atoms with Crippen molar-refractivity contribution in [3.05, 3.63) is 84.0 Å². The first-order chi connectivity index (χ1) is 15.9. The van der Waals surface area contributed by atoms with Crippen LogP contribution in [0.1, 0.15) is 49.7 Å². The van der Waals surface area contributed by atoms with E-state index < -0.39 is 4.87 Å². The fourth-order valence-corrected chi connectivity index (χ4v) is 4.93. The van der Waals surface area contributed by atoms with E-state index in [9.17, 15) is 4.79 Å². The summed E-state index contributed by atoms with van der Waals surface area (Å²) < 4.78 is 5.65. The number of hydrogen-bond acceptors (Lipinski definition) is 3. The van der Waals surface area contributed by atoms with Gasteiger partial charge in [-0.15, -0.1) is 0 Å². The van der Waals surface area contributed by atoms with Crippen LogP contribution in [0, 0.1) is 0 Å². The Kier molecular flexibility index (Phi) is 7.26. The Balaban J connectivity index is 1.46. The van der Waals surface area contributed by atoms with Gasteiger partial charge in [0.05, 0.1) is 7.11 Å². The lowest BCUT2D eigenvalue weighted by atomic mass is 9.88. The van der Waals surface area contributed by atoms with Crippen molar-refractivity contribution in [2.45, 2.75) is 49.4 Å². The fourth-order valence-electron chi connectivity index (χ4n) is 4.74. The predicted molar refractivity (Wildman–Crippen MR) is 136 cm³/mol. The summed E-state index contributed by atoms with van der Waals surface area (Å²) in [6.07, 6.45) is 9.71. The molecule has 1 amide bonds. The number of amides is 1. The average Bonchev–Trinajstić information content (AvgIpc) is 2.85. The Hall–Kier alpha value is -2.56. The summed E-state index contributed by atoms with van der Waals surface area (Å²) in [6, 6.07) is 16.6. The molecule has 0 atom stereocenters. The maximum atomic E-state index is 13.1. The molecule has 2 aliphatic rings. The minimum Gasteiger partial charge on any atom is -0.496 e. The number of piperidine rings is 1. The molecule has 2 aromatic rings. The molecular formula is C28H33ClN2O2. The molecule has 0 bridgehead atoms. The summed E-state index contributed by atoms with van der Waals surface area (Å²) in [6.45, 7) is 6.64. The van der Waals surface area contributed by atoms with E-state index in [-0.39, 0.29) is 11.8 Å². The van der Waals surface area contributed by atoms with Crippen LogP contribution < -0.4 is 10.1 Å². The smallest absolute Gasteiger partial charge is 0.253 e. The average molecular weight is 465 g/mol. The first-order valence-corrected chi connectivity index (χ1v) is 12.1. The molecule has 0 spiro atoms. The van der Waals surface area contributed by atoms with Crippen LogP contribution in [0.25, 0.3) is 0 Å². The van der Waals surface area contributed by atoms with E-state index in [2.05, 4.69) is 42.3 Å². The van der Waals surface area contributed by atoms with E-state index in [4.69, 9.17) is 16.3 Å². The Labute approximate surface area is 202 Å². The fraction of sp³-hybridized carbons (Fsp3) is 0.393. The number of rotatable bonds is 6. The second kappa shape index (κ2) is 10.1. The molecule has 4 nitrogen and oxygen atoms in total. The van der Waals surface area contributed by atoms with E-state index >= 15 is 0 Å². The number of alkyl halides is 1. The summed E-state index contributed by atoms with van der Waals surface area (Å²) in [5.41, 5.74) is 3.07. The lowest BCUT2D eigenvalue weighted by molar-refractivity contribution is -0.116. The predicted octanol–water partition coefficient (Wildman–Crippen LogP) is 6.11. The van der Waals surface area contributed by atoms with Crippen molar-refractivity contribution >= 4 is 23.2 Å². The molecule has 1 N–H and O–H groups in total. The SMILES string of the molecule is COc1ccc(NC(=O)C2(Cl)C=CC(c3ccccc3)C=C2)cc1C1CCN(C(C)C)CC1. The number of nitrogens with one attached hydrogen (secondary N) is 1. The van der Waals surface area contributed by atoms with Gasteiger partial charge in [-0.25, -0.2) is 0 Å². The number of nitrogens with zero attached hydrogens (tertiary/aromatic N) is 1. The number of carbonyl (C=O) groups is 1. The van der Waals surface area contributed by atoms with Gasteiger partial charge in [-0.05, 0) is 75.0 Å². The topological polar surface area (TPSA) is 41.6 Å². The maximum absolute atomic E-state index is 13.1. The van der Waals surface area contributed by atoms with Crippen LogP contribution in [0.15, 0.2) is 72.8 Å². The lowest BCUT2D eigenvalue weighted by Gasteiger charge is -2.35. The van der Waals surface area contributed by atoms with Gasteiger partial charge in [0.25, 0.3) is 5.91 Å². The van der Waals surface area contributed by atoms with Crippen molar-refractivity contribution < 1.29 is 9.53 Å². The van der Waals surface area contributed by atoms with Crippen molar-refractivity contribution in [3.63, 3.8) is 0 Å². The second-order valence-electron chi connectivity index (χ2n) is 9.24. The Morgan fingerprint density at radius 2 is 1.76 bits per heavy atom. The third-order valence-corrected chi connectivity index (χ3v) is 7.24. The number of methoxy groups -OCH3 is 1. The first kappa shape index (κ1) is 23.6. The number of carbonyl (C=O) groups excluding carboxylic acids is 1. The zero-order chi connectivity index (χ0) is 23.4. The lowest BCUT2D eigenvalue weighted by Crippen LogP contribution is -2.38. The molecule has 33 heavy (non-hydrogen) atoms. The molecular weight excluding hydrogens is 432 g/mol. The molecule has 1 heterocycles. The quantitative estimate of drug-likeness (QED) is 0.414. The Morgan fingerprint density at radius 1 is 1.09 bits per heavy atom. The van der Waals surface area contributed by atoms with Crippen LogP contribution in [0.5, 0.6) is 5.75 Å². The van der Waals surface area contributed by atoms with Crippen LogP contribution >= 0.6 is 11.6 Å². The van der Waals surface area contributed by atoms with Crippen LogP contribution in [-0.2, 0) is 4.79 Å². The van der Waals surface area contributed by atoms with E-state index in [1.54, 1.807) is 19.3 Å². The minimum absolute atomic E-state index is 0.121. The zero-order valence-electron chi connectivity index (χ0n) is 19.6. The van der Waals surface area contributed by atoms with E-state index in [1.165, 1.54) is 5.56 Å². The molecule has 0 unspecified atom stereocenters. The standard InChI is InChI=1S/C28H33ClN2O2/c1-20(2)31-17-13-23(14-18-31)25-19-24(9-10-26(25)33-3)30-27(32)28(29)15-11-22(12-16-28)21-7-5-4-6-8-21/h4-12,15-16,19-20,22-23H,13-14,17-18H2,1-3H3,(H,30,32). The highest BCUT2D eigenvalue weighted by Gasteiger charge is 2.33. The van der Waals surface area contributed by atoms with Crippen molar-refractivity contribution in [3.8, 4) is 5.75 Å². The van der Waals surface area contributed by atoms with E-state index in [0.29, 0.717) is 12.0 Å². The molecule has 1 saturated heterocycles. The summed E-state index contributed by atoms with van der Waals surface area (Å²) in [4.78, 5) is 14.4. The maximum Gasteiger partial charge on any atom is 0.253 e. The van der Waals surface area contributed by atoms with Gasteiger partial charge in [0.15, 0.2) is 4.87 Å². The Morgan fingerprint density at radius 3 is 2.36 bits per heavy atom. The summed E-state index contributed by atoms with van der Waals surface area (Å²) in [7, 11) is 1.70. The van der Waals surface area contributed by atoms with Crippen LogP contribution in [0.2, 0.25) is 0 Å². The first-order valence-electron chi connectivity index (χ1n) is 11.8. The molecule has 0 aromatic heterocycles. The van der Waals surface area contributed by atoms with Crippen molar-refractivity contribution in [1.82, 2.24) is 4.90 Å². The summed E-state index contributed by atoms with van der Waals surface area (Å²) in [5, 5.41) is 3.03. The van der Waals surface area contributed by atoms with Crippen LogP contribution in [0.3, 0.4) is 0 Å². The zero-order valence-corrected chi connectivity index (χ0v) is 20.4. The van der Waals surface area contributed by atoms with E-state index in [1.807, 2.05) is 42.5 Å². The molecule has 174 valence electrons. The number of halogens is 1. The van der Waals surface area contributed by atoms with Crippen LogP contribution in [-0.4, -0.2) is 41.9 Å². The highest BCUT2D eigenvalue weighted by atomic mass is 35.5. The molecule has 2 aromatic carbocycles. The third-order valence-electron chi connectivity index (χ3n) is 6.81. The van der Waals surface area contributed by atoms with Crippen molar-refractivity contribution in [1.29, 1.82) is 0 Å². The molecule has 4 rings (SSSR count). The number of allylic oxidation sites excluding steroid dienone is 2. The molecule has 0 radical (unpaired) electrons. The van der Waals surface area contributed by atoms with Gasteiger partial charge in [-0.1, -0.05) is 66.2 Å². The second-order valence-corrected chi connectivity index (χ2v) is 9.86. The van der Waals surface area contributed by atoms with Gasteiger partial charge in [0, 0.05) is 17.6 Å². The molecule has 1 fully saturated rings. The van der Waals surface area contributed by atoms with E-state index in [0.717, 1.165) is 42.9 Å². The summed E-state index contributed by atoms with van der Waals surface area (Å²) in [5.74, 6) is 1.15. The number of benzene rings is 2. The highest BCUT2D eigenvalue weighted by molar-refractivity contribution is 6.39. The van der Waals surface area contributed by atoms with Crippen molar-refractivity contribution in [2.24, 2.45) is 0 Å². The minimum atomic E-state index is -1.20. The van der Waals surface area contributed by atoms with Gasteiger partial charge in [0.2, 0.25) is 0 Å². The van der Waals surface area contributed by atoms with Gasteiger partial charge < -0.3 is 15.0 Å². The molecule has 0 saturated carbocycles. The number of anilines is 1. The molecule has 1 aliphatic carbocycles. The Bertz CT molecular complexity index is 1010. The largest absolute Gasteiger partial charge is 0.496 e. The van der Waals surface area contributed by atoms with Gasteiger partial charge in [0.1, 0.15) is 5.75 Å². The normalized spacial score (nSPS) is 23.6. The highest BCUT2D eigenvalue weighted by Crippen LogP contribution is 2.37. The number of ether oxygens (including phenoxy) is 1. The summed E-state index contributed by atoms with van der Waals surface area (Å²) >= 11 is 6.71. The molecule has 1 aliphatic heterocycles. The number of likely N-dealkylation sites (tertiary alicyclic amines) is 1. The molecule has 5 heteroatoms. The van der Waals surface area contributed by atoms with Gasteiger partial charge in [-0.2, -0.15) is 0 Å². The third kappa shape index (κ3) is 5.34. The monoisotopic (exact) mass is 464 g/mol. The van der Waals surface area contributed by atoms with Crippen molar-refractivity contribution in [2.75, 3.05) is 25.5 Å². The van der Waals surface area contributed by atoms with Gasteiger partial charge >= 0.3 is 0 Å². The van der Waals surface area contributed by atoms with Crippen LogP contribution in [0.4, 0.5) is 5.69 Å².